The van der Waals surface area contributed by atoms with Crippen LogP contribution in [0.25, 0.3) is 0 Å². The summed E-state index contributed by atoms with van der Waals surface area (Å²) in [6, 6.07) is 7.60. The van der Waals surface area contributed by atoms with Crippen LogP contribution in [-0.2, 0) is 16.0 Å². The van der Waals surface area contributed by atoms with Crippen LogP contribution < -0.4 is 4.74 Å². The van der Waals surface area contributed by atoms with Crippen molar-refractivity contribution < 1.29 is 31.1 Å². The molecule has 1 aliphatic rings. The third-order valence-electron chi connectivity index (χ3n) is 4.46. The monoisotopic (exact) mass is 414 g/mol. The molecule has 1 atom stereocenters. The van der Waals surface area contributed by atoms with Gasteiger partial charge in [-0.1, -0.05) is 0 Å². The molecule has 2 aromatic rings. The number of nitrogens with zero attached hydrogens (tertiary/aromatic N) is 2. The van der Waals surface area contributed by atoms with Crippen LogP contribution in [0.5, 0.6) is 11.6 Å². The van der Waals surface area contributed by atoms with Gasteiger partial charge in [-0.05, 0) is 36.8 Å². The summed E-state index contributed by atoms with van der Waals surface area (Å²) in [5.74, 6) is -0.00495. The Bertz CT molecular complexity index is 958. The van der Waals surface area contributed by atoms with Gasteiger partial charge >= 0.3 is 6.18 Å². The molecule has 28 heavy (non-hydrogen) atoms. The Morgan fingerprint density at radius 1 is 1.18 bits per heavy atom. The molecule has 0 saturated carbocycles. The lowest BCUT2D eigenvalue weighted by Gasteiger charge is -2.23. The first-order chi connectivity index (χ1) is 13.0. The highest BCUT2D eigenvalue weighted by atomic mass is 32.2. The van der Waals surface area contributed by atoms with Crippen LogP contribution in [0.15, 0.2) is 42.6 Å². The normalized spacial score (nSPS) is 18.6. The number of halogens is 3. The van der Waals surface area contributed by atoms with Gasteiger partial charge in [-0.25, -0.2) is 13.4 Å². The molecule has 1 amide bonds. The van der Waals surface area contributed by atoms with Gasteiger partial charge in [0.2, 0.25) is 5.88 Å². The summed E-state index contributed by atoms with van der Waals surface area (Å²) >= 11 is 0. The zero-order valence-electron chi connectivity index (χ0n) is 14.8. The molecule has 0 N–H and O–H groups in total. The summed E-state index contributed by atoms with van der Waals surface area (Å²) < 4.78 is 66.1. The summed E-state index contributed by atoms with van der Waals surface area (Å²) in [5, 5.41) is 0. The number of amides is 1. The van der Waals surface area contributed by atoms with E-state index in [0.29, 0.717) is 23.9 Å². The van der Waals surface area contributed by atoms with Crippen molar-refractivity contribution in [1.29, 1.82) is 0 Å². The van der Waals surface area contributed by atoms with E-state index in [2.05, 4.69) is 4.98 Å². The second-order valence-electron chi connectivity index (χ2n) is 6.48. The Balaban J connectivity index is 1.65. The Morgan fingerprint density at radius 2 is 1.86 bits per heavy atom. The lowest BCUT2D eigenvalue weighted by molar-refractivity contribution is -0.137. The molecule has 1 unspecified atom stereocenters. The molecule has 1 aromatic carbocycles. The van der Waals surface area contributed by atoms with Crippen LogP contribution in [0.2, 0.25) is 0 Å². The lowest BCUT2D eigenvalue weighted by Crippen LogP contribution is -2.37. The van der Waals surface area contributed by atoms with Gasteiger partial charge in [-0.15, -0.1) is 0 Å². The van der Waals surface area contributed by atoms with Crippen molar-refractivity contribution in [1.82, 2.24) is 9.88 Å². The van der Waals surface area contributed by atoms with Gasteiger partial charge in [-0.3, -0.25) is 4.79 Å². The molecule has 6 nitrogen and oxygen atoms in total. The van der Waals surface area contributed by atoms with Gasteiger partial charge in [0.25, 0.3) is 5.91 Å². The van der Waals surface area contributed by atoms with Gasteiger partial charge in [0.15, 0.2) is 9.84 Å². The fourth-order valence-electron chi connectivity index (χ4n) is 2.84. The predicted octanol–water partition coefficient (Wildman–Crippen LogP) is 3.15. The Labute approximate surface area is 159 Å². The standard InChI is InChI=1S/C18H17F3N2O4S/c1-23(14-8-9-28(25,26)11-14)17(24)12-2-5-15(6-3-12)27-16-7-4-13(10-22-16)18(19,20)21/h2-7,10,14H,8-9,11H2,1H3. The van der Waals surface area contributed by atoms with Gasteiger partial charge in [-0.2, -0.15) is 13.2 Å². The molecule has 1 saturated heterocycles. The van der Waals surface area contributed by atoms with E-state index in [9.17, 15) is 26.4 Å². The maximum absolute atomic E-state index is 12.5. The van der Waals surface area contributed by atoms with E-state index in [-0.39, 0.29) is 29.3 Å². The molecule has 0 bridgehead atoms. The number of hydrogen-bond donors (Lipinski definition) is 0. The molecule has 10 heteroatoms. The highest BCUT2D eigenvalue weighted by Gasteiger charge is 2.33. The van der Waals surface area contributed by atoms with E-state index < -0.39 is 21.6 Å². The number of alkyl halides is 3. The quantitative estimate of drug-likeness (QED) is 0.768. The molecule has 3 rings (SSSR count). The van der Waals surface area contributed by atoms with E-state index in [1.165, 1.54) is 29.2 Å². The van der Waals surface area contributed by atoms with Crippen molar-refractivity contribution in [3.63, 3.8) is 0 Å². The van der Waals surface area contributed by atoms with Gasteiger partial charge < -0.3 is 9.64 Å². The Kier molecular flexibility index (Phi) is 5.33. The number of benzene rings is 1. The van der Waals surface area contributed by atoms with Crippen LogP contribution in [0, 0.1) is 0 Å². The average Bonchev–Trinajstić information content (AvgIpc) is 3.01. The van der Waals surface area contributed by atoms with Gasteiger partial charge in [0, 0.05) is 30.9 Å². The van der Waals surface area contributed by atoms with Crippen LogP contribution in [-0.4, -0.2) is 48.8 Å². The average molecular weight is 414 g/mol. The number of rotatable bonds is 4. The summed E-state index contributed by atoms with van der Waals surface area (Å²) in [4.78, 5) is 17.5. The summed E-state index contributed by atoms with van der Waals surface area (Å²) in [5.41, 5.74) is -0.530. The van der Waals surface area contributed by atoms with Gasteiger partial charge in [0.05, 0.1) is 17.1 Å². The highest BCUT2D eigenvalue weighted by Crippen LogP contribution is 2.30. The number of sulfone groups is 1. The number of hydrogen-bond acceptors (Lipinski definition) is 5. The van der Waals surface area contributed by atoms with E-state index in [1.54, 1.807) is 7.05 Å². The first-order valence-electron chi connectivity index (χ1n) is 8.34. The molecule has 0 radical (unpaired) electrons. The van der Waals surface area contributed by atoms with Gasteiger partial charge in [0.1, 0.15) is 5.75 Å². The molecule has 0 spiro atoms. The topological polar surface area (TPSA) is 76.6 Å². The summed E-state index contributed by atoms with van der Waals surface area (Å²) in [6.45, 7) is 0. The minimum Gasteiger partial charge on any atom is -0.439 e. The smallest absolute Gasteiger partial charge is 0.417 e. The van der Waals surface area contributed by atoms with Crippen LogP contribution in [0.4, 0.5) is 13.2 Å². The second kappa shape index (κ2) is 7.42. The number of ether oxygens (including phenoxy) is 1. The number of pyridine rings is 1. The number of aromatic nitrogens is 1. The van der Waals surface area contributed by atoms with E-state index >= 15 is 0 Å². The minimum absolute atomic E-state index is 0.0136. The van der Waals surface area contributed by atoms with Crippen LogP contribution >= 0.6 is 0 Å². The highest BCUT2D eigenvalue weighted by molar-refractivity contribution is 7.91. The largest absolute Gasteiger partial charge is 0.439 e. The maximum Gasteiger partial charge on any atom is 0.417 e. The molecule has 0 aliphatic carbocycles. The van der Waals surface area contributed by atoms with Crippen LogP contribution in [0.1, 0.15) is 22.3 Å². The first-order valence-corrected chi connectivity index (χ1v) is 10.2. The first kappa shape index (κ1) is 20.1. The molecule has 2 heterocycles. The number of carbonyl (C=O) groups excluding carboxylic acids is 1. The lowest BCUT2D eigenvalue weighted by atomic mass is 10.1. The molecule has 1 aliphatic heterocycles. The maximum atomic E-state index is 12.5. The molecule has 1 fully saturated rings. The van der Waals surface area contributed by atoms with Crippen molar-refractivity contribution in [2.24, 2.45) is 0 Å². The zero-order chi connectivity index (χ0) is 20.5. The third kappa shape index (κ3) is 4.61. The van der Waals surface area contributed by atoms with Crippen molar-refractivity contribution in [3.05, 3.63) is 53.7 Å². The predicted molar refractivity (Wildman–Crippen MR) is 94.9 cm³/mol. The molecular formula is C18H17F3N2O4S. The summed E-state index contributed by atoms with van der Waals surface area (Å²) in [7, 11) is -1.54. The van der Waals surface area contributed by atoms with Crippen molar-refractivity contribution in [2.75, 3.05) is 18.6 Å². The zero-order valence-corrected chi connectivity index (χ0v) is 15.6. The van der Waals surface area contributed by atoms with E-state index in [1.807, 2.05) is 0 Å². The van der Waals surface area contributed by atoms with Crippen molar-refractivity contribution in [3.8, 4) is 11.6 Å². The second-order valence-corrected chi connectivity index (χ2v) is 8.71. The van der Waals surface area contributed by atoms with E-state index in [0.717, 1.165) is 12.1 Å². The van der Waals surface area contributed by atoms with Crippen molar-refractivity contribution in [2.45, 2.75) is 18.6 Å². The SMILES string of the molecule is CN(C(=O)c1ccc(Oc2ccc(C(F)(F)F)cn2)cc1)C1CCS(=O)(=O)C1. The van der Waals surface area contributed by atoms with Crippen molar-refractivity contribution >= 4 is 15.7 Å². The third-order valence-corrected chi connectivity index (χ3v) is 6.21. The van der Waals surface area contributed by atoms with Crippen LogP contribution in [0.3, 0.4) is 0 Å². The molecule has 1 aromatic heterocycles. The molecule has 150 valence electrons. The molecular weight excluding hydrogens is 397 g/mol. The Hall–Kier alpha value is -2.62. The fraction of sp³-hybridized carbons (Fsp3) is 0.333. The fourth-order valence-corrected chi connectivity index (χ4v) is 4.62. The minimum atomic E-state index is -4.47. The Morgan fingerprint density at radius 3 is 2.36 bits per heavy atom. The summed E-state index contributed by atoms with van der Waals surface area (Å²) in [6.07, 6.45) is -3.39. The number of carbonyl (C=O) groups is 1. The van der Waals surface area contributed by atoms with E-state index in [4.69, 9.17) is 4.74 Å².